The molecule has 0 saturated carbocycles. The lowest BCUT2D eigenvalue weighted by molar-refractivity contribution is -0.870. The van der Waals surface area contributed by atoms with Gasteiger partial charge in [0.1, 0.15) is 6.10 Å². The van der Waals surface area contributed by atoms with Crippen molar-refractivity contribution in [3.8, 4) is 0 Å². The number of unbranched alkanes of at least 4 members (excludes halogenated alkanes) is 13. The maximum Gasteiger partial charge on any atom is 0.332 e. The lowest BCUT2D eigenvalue weighted by atomic mass is 10.0. The summed E-state index contributed by atoms with van der Waals surface area (Å²) < 4.78 is 1.12. The van der Waals surface area contributed by atoms with E-state index in [0.29, 0.717) is 0 Å². The molecule has 0 heterocycles. The quantitative estimate of drug-likeness (QED) is 0.272. The molecule has 158 valence electrons. The molecule has 0 aliphatic heterocycles. The van der Waals surface area contributed by atoms with E-state index < -0.39 is 12.1 Å². The number of carboxylic acids is 1. The summed E-state index contributed by atoms with van der Waals surface area (Å²) in [6.45, 7) is 4.82. The predicted octanol–water partition coefficient (Wildman–Crippen LogP) is 5.63. The van der Waals surface area contributed by atoms with Gasteiger partial charge in [-0.3, -0.25) is 0 Å². The normalized spacial score (nSPS) is 12.4. The fourth-order valence-corrected chi connectivity index (χ4v) is 2.78. The second-order valence-corrected chi connectivity index (χ2v) is 8.62. The minimum atomic E-state index is -1.23. The van der Waals surface area contributed by atoms with E-state index in [4.69, 9.17) is 10.2 Å². The van der Waals surface area contributed by atoms with Crippen LogP contribution in [-0.4, -0.2) is 54.5 Å². The van der Waals surface area contributed by atoms with Crippen molar-refractivity contribution < 1.29 is 19.5 Å². The van der Waals surface area contributed by atoms with Crippen LogP contribution in [0.5, 0.6) is 0 Å². The van der Waals surface area contributed by atoms with E-state index in [1.165, 1.54) is 103 Å². The highest BCUT2D eigenvalue weighted by Crippen LogP contribution is 2.13. The van der Waals surface area contributed by atoms with Crippen molar-refractivity contribution in [2.45, 2.75) is 110 Å². The number of carbonyl (C=O) groups is 1. The summed E-state index contributed by atoms with van der Waals surface area (Å²) in [4.78, 5) is 9.45. The number of aliphatic carboxylic acids is 1. The molecule has 4 heteroatoms. The Labute approximate surface area is 163 Å². The van der Waals surface area contributed by atoms with E-state index >= 15 is 0 Å². The van der Waals surface area contributed by atoms with Gasteiger partial charge in [0.05, 0.1) is 27.7 Å². The molecule has 0 aliphatic carbocycles. The Morgan fingerprint density at radius 1 is 0.731 bits per heavy atom. The molecule has 0 bridgehead atoms. The number of rotatable bonds is 16. The van der Waals surface area contributed by atoms with Gasteiger partial charge in [-0.05, 0) is 19.8 Å². The van der Waals surface area contributed by atoms with Crippen molar-refractivity contribution in [3.05, 3.63) is 0 Å². The molecule has 26 heavy (non-hydrogen) atoms. The minimum Gasteiger partial charge on any atom is -0.479 e. The molecular formula is C22H48NO3+. The molecule has 0 radical (unpaired) electrons. The van der Waals surface area contributed by atoms with Crippen molar-refractivity contribution >= 4 is 5.97 Å². The number of aliphatic hydroxyl groups excluding tert-OH is 1. The molecule has 2 N–H and O–H groups in total. The highest BCUT2D eigenvalue weighted by Gasteiger charge is 2.05. The Morgan fingerprint density at radius 3 is 1.23 bits per heavy atom. The molecule has 0 saturated heterocycles. The van der Waals surface area contributed by atoms with Crippen LogP contribution in [0.25, 0.3) is 0 Å². The third kappa shape index (κ3) is 28.2. The highest BCUT2D eigenvalue weighted by atomic mass is 16.4. The zero-order chi connectivity index (χ0) is 20.3. The number of nitrogens with zero attached hydrogens (tertiary/aromatic N) is 1. The van der Waals surface area contributed by atoms with Gasteiger partial charge in [-0.15, -0.1) is 0 Å². The molecule has 0 rings (SSSR count). The van der Waals surface area contributed by atoms with Gasteiger partial charge < -0.3 is 14.7 Å². The third-order valence-corrected chi connectivity index (χ3v) is 4.54. The Kier molecular flexibility index (Phi) is 20.3. The van der Waals surface area contributed by atoms with E-state index in [9.17, 15) is 4.79 Å². The Hall–Kier alpha value is -0.610. The van der Waals surface area contributed by atoms with Gasteiger partial charge in [0.2, 0.25) is 0 Å². The first-order valence-corrected chi connectivity index (χ1v) is 10.9. The zero-order valence-corrected chi connectivity index (χ0v) is 18.4. The summed E-state index contributed by atoms with van der Waals surface area (Å²) in [6, 6.07) is 0. The number of carboxylic acid groups (broad SMARTS) is 1. The molecule has 0 aromatic rings. The van der Waals surface area contributed by atoms with Crippen molar-refractivity contribution in [2.24, 2.45) is 0 Å². The summed E-state index contributed by atoms with van der Waals surface area (Å²) in [5, 5.41) is 15.8. The van der Waals surface area contributed by atoms with Gasteiger partial charge in [-0.2, -0.15) is 0 Å². The third-order valence-electron chi connectivity index (χ3n) is 4.54. The molecule has 0 aliphatic rings. The van der Waals surface area contributed by atoms with Crippen molar-refractivity contribution in [3.63, 3.8) is 0 Å². The van der Waals surface area contributed by atoms with Crippen LogP contribution < -0.4 is 0 Å². The van der Waals surface area contributed by atoms with Crippen LogP contribution in [-0.2, 0) is 4.79 Å². The SMILES string of the molecule is CC(O)C(=O)O.CCCCCCCCCCCCCCCC[N+](C)(C)C. The summed E-state index contributed by atoms with van der Waals surface area (Å²) in [6.07, 6.45) is 19.1. The number of hydrogen-bond donors (Lipinski definition) is 2. The van der Waals surface area contributed by atoms with Gasteiger partial charge in [0, 0.05) is 0 Å². The van der Waals surface area contributed by atoms with E-state index in [-0.39, 0.29) is 0 Å². The van der Waals surface area contributed by atoms with Gasteiger partial charge in [-0.1, -0.05) is 84.0 Å². The molecule has 4 nitrogen and oxygen atoms in total. The minimum absolute atomic E-state index is 1.12. The summed E-state index contributed by atoms with van der Waals surface area (Å²) in [7, 11) is 6.88. The number of hydrogen-bond acceptors (Lipinski definition) is 2. The molecule has 0 aromatic heterocycles. The topological polar surface area (TPSA) is 57.5 Å². The fourth-order valence-electron chi connectivity index (χ4n) is 2.78. The molecule has 0 aromatic carbocycles. The Balaban J connectivity index is 0. The molecule has 1 atom stereocenters. The van der Waals surface area contributed by atoms with Crippen LogP contribution >= 0.6 is 0 Å². The summed E-state index contributed by atoms with van der Waals surface area (Å²) in [5.41, 5.74) is 0. The highest BCUT2D eigenvalue weighted by molar-refractivity contribution is 5.71. The van der Waals surface area contributed by atoms with Gasteiger partial charge in [0.15, 0.2) is 0 Å². The van der Waals surface area contributed by atoms with Gasteiger partial charge in [0.25, 0.3) is 0 Å². The maximum atomic E-state index is 9.45. The van der Waals surface area contributed by atoms with E-state index in [2.05, 4.69) is 28.1 Å². The van der Waals surface area contributed by atoms with Gasteiger partial charge in [-0.25, -0.2) is 4.79 Å². The smallest absolute Gasteiger partial charge is 0.332 e. The second kappa shape index (κ2) is 19.2. The number of quaternary nitrogens is 1. The van der Waals surface area contributed by atoms with Crippen LogP contribution in [0.15, 0.2) is 0 Å². The van der Waals surface area contributed by atoms with Crippen molar-refractivity contribution in [1.29, 1.82) is 0 Å². The van der Waals surface area contributed by atoms with Crippen LogP contribution in [0, 0.1) is 0 Å². The van der Waals surface area contributed by atoms with Gasteiger partial charge >= 0.3 is 5.97 Å². The largest absolute Gasteiger partial charge is 0.479 e. The lowest BCUT2D eigenvalue weighted by Gasteiger charge is -2.23. The standard InChI is InChI=1S/C19H42N.C3H6O3/c1-5-6-7-8-9-10-11-12-13-14-15-16-17-18-19-20(2,3)4;1-2(4)3(5)6/h5-19H2,1-4H3;2,4H,1H3,(H,5,6)/q+1;. The Morgan fingerprint density at radius 2 is 1.00 bits per heavy atom. The van der Waals surface area contributed by atoms with Crippen molar-refractivity contribution in [1.82, 2.24) is 0 Å². The first-order valence-electron chi connectivity index (χ1n) is 10.9. The van der Waals surface area contributed by atoms with E-state index in [0.717, 1.165) is 4.48 Å². The Bertz CT molecular complexity index is 298. The first-order chi connectivity index (χ1) is 12.2. The number of aliphatic hydroxyl groups is 1. The fraction of sp³-hybridized carbons (Fsp3) is 0.955. The average molecular weight is 375 g/mol. The molecular weight excluding hydrogens is 326 g/mol. The van der Waals surface area contributed by atoms with Crippen LogP contribution in [0.1, 0.15) is 104 Å². The second-order valence-electron chi connectivity index (χ2n) is 8.62. The first kappa shape index (κ1) is 27.6. The molecule has 0 spiro atoms. The summed E-state index contributed by atoms with van der Waals surface area (Å²) in [5.74, 6) is -1.19. The summed E-state index contributed by atoms with van der Waals surface area (Å²) >= 11 is 0. The zero-order valence-electron chi connectivity index (χ0n) is 18.4. The monoisotopic (exact) mass is 374 g/mol. The average Bonchev–Trinajstić information content (AvgIpc) is 2.54. The van der Waals surface area contributed by atoms with E-state index in [1.807, 2.05) is 0 Å². The molecule has 1 unspecified atom stereocenters. The van der Waals surface area contributed by atoms with E-state index in [1.54, 1.807) is 0 Å². The predicted molar refractivity (Wildman–Crippen MR) is 113 cm³/mol. The lowest BCUT2D eigenvalue weighted by Crippen LogP contribution is -2.35. The van der Waals surface area contributed by atoms with Crippen LogP contribution in [0.4, 0.5) is 0 Å². The van der Waals surface area contributed by atoms with Crippen molar-refractivity contribution in [2.75, 3.05) is 27.7 Å². The molecule has 0 fully saturated rings. The van der Waals surface area contributed by atoms with Crippen LogP contribution in [0.3, 0.4) is 0 Å². The molecule has 0 amide bonds. The van der Waals surface area contributed by atoms with Crippen LogP contribution in [0.2, 0.25) is 0 Å². The maximum absolute atomic E-state index is 9.45.